The van der Waals surface area contributed by atoms with Crippen molar-refractivity contribution in [2.75, 3.05) is 0 Å². The predicted octanol–water partition coefficient (Wildman–Crippen LogP) is 5.75. The summed E-state index contributed by atoms with van der Waals surface area (Å²) in [5, 5.41) is 0. The number of nitrogens with zero attached hydrogens (tertiary/aromatic N) is 1. The third-order valence-corrected chi connectivity index (χ3v) is 8.56. The molecule has 0 bridgehead atoms. The van der Waals surface area contributed by atoms with Crippen LogP contribution in [0.3, 0.4) is 0 Å². The number of imide groups is 1. The summed E-state index contributed by atoms with van der Waals surface area (Å²) < 4.78 is 0. The van der Waals surface area contributed by atoms with Crippen LogP contribution < -0.4 is 0 Å². The van der Waals surface area contributed by atoms with Gasteiger partial charge in [0.2, 0.25) is 11.8 Å². The van der Waals surface area contributed by atoms with Crippen LogP contribution in [0.5, 0.6) is 0 Å². The minimum atomic E-state index is -0.914. The number of benzene rings is 4. The summed E-state index contributed by atoms with van der Waals surface area (Å²) in [6.45, 7) is 0.287. The molecule has 2 aliphatic carbocycles. The number of carbonyl (C=O) groups excluding carboxylic acids is 2. The van der Waals surface area contributed by atoms with Crippen LogP contribution in [-0.2, 0) is 27.0 Å². The lowest BCUT2D eigenvalue weighted by atomic mass is 9.33. The number of hydrogen-bond donors (Lipinski definition) is 0. The van der Waals surface area contributed by atoms with Gasteiger partial charge in [-0.3, -0.25) is 14.5 Å². The van der Waals surface area contributed by atoms with Gasteiger partial charge in [-0.25, -0.2) is 0 Å². The molecule has 1 spiro atoms. The van der Waals surface area contributed by atoms with Gasteiger partial charge in [-0.1, -0.05) is 127 Å². The van der Waals surface area contributed by atoms with Crippen molar-refractivity contribution < 1.29 is 9.59 Å². The molecule has 0 N–H and O–H groups in total. The van der Waals surface area contributed by atoms with Crippen LogP contribution in [-0.4, -0.2) is 16.7 Å². The fourth-order valence-corrected chi connectivity index (χ4v) is 7.27. The van der Waals surface area contributed by atoms with Crippen LogP contribution in [0.2, 0.25) is 0 Å². The SMILES string of the molecule is O=C1C2C3(C(=O)N1Cc1ccccc1)c1ccccc1C=CC3C2(c1ccccc1)c1ccccc1. The lowest BCUT2D eigenvalue weighted by Crippen LogP contribution is -2.71. The molecule has 36 heavy (non-hydrogen) atoms. The van der Waals surface area contributed by atoms with Crippen molar-refractivity contribution in [3.05, 3.63) is 149 Å². The standard InChI is InChI=1S/C33H25NO2/c35-30-29-32(25-15-6-2-7-16-25,26-17-8-3-9-18-26)28-21-20-24-14-10-11-19-27(24)33(28,29)31(36)34(30)22-23-12-4-1-5-13-23/h1-21,28-29H,22H2. The Kier molecular flexibility index (Phi) is 4.47. The molecule has 0 aromatic heterocycles. The number of amides is 2. The number of rotatable bonds is 4. The van der Waals surface area contributed by atoms with E-state index in [-0.39, 0.29) is 24.3 Å². The summed E-state index contributed by atoms with van der Waals surface area (Å²) in [5.74, 6) is -0.863. The fourth-order valence-electron chi connectivity index (χ4n) is 7.27. The third-order valence-electron chi connectivity index (χ3n) is 8.56. The van der Waals surface area contributed by atoms with E-state index in [0.29, 0.717) is 0 Å². The van der Waals surface area contributed by atoms with Crippen molar-refractivity contribution >= 4 is 17.9 Å². The minimum Gasteiger partial charge on any atom is -0.277 e. The summed E-state index contributed by atoms with van der Waals surface area (Å²) in [6, 6.07) is 38.5. The Morgan fingerprint density at radius 3 is 1.83 bits per heavy atom. The second kappa shape index (κ2) is 7.63. The maximum Gasteiger partial charge on any atom is 0.241 e. The van der Waals surface area contributed by atoms with Crippen LogP contribution in [0.25, 0.3) is 6.08 Å². The Morgan fingerprint density at radius 2 is 1.19 bits per heavy atom. The molecule has 174 valence electrons. The van der Waals surface area contributed by atoms with Crippen LogP contribution >= 0.6 is 0 Å². The Labute approximate surface area is 210 Å². The first-order valence-electron chi connectivity index (χ1n) is 12.5. The zero-order valence-electron chi connectivity index (χ0n) is 19.7. The van der Waals surface area contributed by atoms with Gasteiger partial charge in [0.05, 0.1) is 17.9 Å². The zero-order valence-corrected chi connectivity index (χ0v) is 19.7. The molecular weight excluding hydrogens is 442 g/mol. The molecular formula is C33H25NO2. The van der Waals surface area contributed by atoms with Gasteiger partial charge in [-0.2, -0.15) is 0 Å². The van der Waals surface area contributed by atoms with E-state index in [1.54, 1.807) is 0 Å². The summed E-state index contributed by atoms with van der Waals surface area (Å²) in [6.07, 6.45) is 4.33. The van der Waals surface area contributed by atoms with Crippen LogP contribution in [0.15, 0.2) is 121 Å². The van der Waals surface area contributed by atoms with Gasteiger partial charge in [-0.05, 0) is 27.8 Å². The zero-order chi connectivity index (χ0) is 24.3. The second-order valence-corrected chi connectivity index (χ2v) is 10.0. The maximum absolute atomic E-state index is 14.5. The highest BCUT2D eigenvalue weighted by atomic mass is 16.2. The number of fused-ring (bicyclic) bond motifs is 1. The van der Waals surface area contributed by atoms with Gasteiger partial charge in [0.15, 0.2) is 0 Å². The highest BCUT2D eigenvalue weighted by Gasteiger charge is 2.82. The molecule has 3 aliphatic rings. The van der Waals surface area contributed by atoms with Gasteiger partial charge in [0, 0.05) is 11.3 Å². The first kappa shape index (κ1) is 21.1. The van der Waals surface area contributed by atoms with E-state index in [1.165, 1.54) is 4.90 Å². The van der Waals surface area contributed by atoms with E-state index in [4.69, 9.17) is 0 Å². The minimum absolute atomic E-state index is 0.0781. The van der Waals surface area contributed by atoms with Gasteiger partial charge in [0.25, 0.3) is 0 Å². The first-order chi connectivity index (χ1) is 17.7. The average Bonchev–Trinajstić information content (AvgIpc) is 3.10. The fraction of sp³-hybridized carbons (Fsp3) is 0.152. The summed E-state index contributed by atoms with van der Waals surface area (Å²) in [7, 11) is 0. The average molecular weight is 468 g/mol. The smallest absolute Gasteiger partial charge is 0.241 e. The molecule has 0 radical (unpaired) electrons. The van der Waals surface area contributed by atoms with Crippen molar-refractivity contribution in [1.29, 1.82) is 0 Å². The normalized spacial score (nSPS) is 25.1. The predicted molar refractivity (Wildman–Crippen MR) is 140 cm³/mol. The largest absolute Gasteiger partial charge is 0.277 e. The van der Waals surface area contributed by atoms with E-state index >= 15 is 0 Å². The molecule has 1 saturated carbocycles. The molecule has 1 aliphatic heterocycles. The van der Waals surface area contributed by atoms with Crippen molar-refractivity contribution in [1.82, 2.24) is 4.90 Å². The van der Waals surface area contributed by atoms with E-state index in [0.717, 1.165) is 27.8 Å². The molecule has 1 heterocycles. The first-order valence-corrected chi connectivity index (χ1v) is 12.5. The lowest BCUT2D eigenvalue weighted by molar-refractivity contribution is -0.141. The molecule has 3 atom stereocenters. The molecule has 4 aromatic carbocycles. The molecule has 7 rings (SSSR count). The molecule has 2 amide bonds. The van der Waals surface area contributed by atoms with Crippen LogP contribution in [0.4, 0.5) is 0 Å². The van der Waals surface area contributed by atoms with Crippen molar-refractivity contribution in [3.63, 3.8) is 0 Å². The van der Waals surface area contributed by atoms with Crippen LogP contribution in [0, 0.1) is 11.8 Å². The highest BCUT2D eigenvalue weighted by Crippen LogP contribution is 2.73. The van der Waals surface area contributed by atoms with E-state index in [1.807, 2.05) is 78.9 Å². The Bertz CT molecular complexity index is 1470. The second-order valence-electron chi connectivity index (χ2n) is 10.0. The molecule has 2 fully saturated rings. The topological polar surface area (TPSA) is 37.4 Å². The van der Waals surface area contributed by atoms with E-state index < -0.39 is 16.7 Å². The van der Waals surface area contributed by atoms with E-state index in [9.17, 15) is 9.59 Å². The van der Waals surface area contributed by atoms with E-state index in [2.05, 4.69) is 48.6 Å². The third kappa shape index (κ3) is 2.47. The lowest BCUT2D eigenvalue weighted by Gasteiger charge is -2.64. The van der Waals surface area contributed by atoms with Crippen molar-refractivity contribution in [3.8, 4) is 0 Å². The van der Waals surface area contributed by atoms with Gasteiger partial charge in [0.1, 0.15) is 0 Å². The molecule has 4 aromatic rings. The number of likely N-dealkylation sites (tertiary alicyclic amines) is 1. The summed E-state index contributed by atoms with van der Waals surface area (Å²) in [4.78, 5) is 30.5. The summed E-state index contributed by atoms with van der Waals surface area (Å²) in [5.41, 5.74) is 3.56. The number of allylic oxidation sites excluding steroid dienone is 1. The molecule has 1 saturated heterocycles. The highest BCUT2D eigenvalue weighted by molar-refractivity contribution is 6.15. The van der Waals surface area contributed by atoms with Crippen LogP contribution in [0.1, 0.15) is 27.8 Å². The number of carbonyl (C=O) groups is 2. The maximum atomic E-state index is 14.5. The Hall–Kier alpha value is -4.24. The molecule has 3 nitrogen and oxygen atoms in total. The number of hydrogen-bond acceptors (Lipinski definition) is 2. The van der Waals surface area contributed by atoms with Gasteiger partial charge in [-0.15, -0.1) is 0 Å². The van der Waals surface area contributed by atoms with Crippen molar-refractivity contribution in [2.45, 2.75) is 17.4 Å². The Balaban J connectivity index is 1.51. The quantitative estimate of drug-likeness (QED) is 0.358. The Morgan fingerprint density at radius 1 is 0.639 bits per heavy atom. The monoisotopic (exact) mass is 467 g/mol. The molecule has 3 heteroatoms. The van der Waals surface area contributed by atoms with Crippen molar-refractivity contribution in [2.24, 2.45) is 11.8 Å². The van der Waals surface area contributed by atoms with Gasteiger partial charge < -0.3 is 0 Å². The van der Waals surface area contributed by atoms with Gasteiger partial charge >= 0.3 is 0 Å². The summed E-state index contributed by atoms with van der Waals surface area (Å²) >= 11 is 0. The molecule has 3 unspecified atom stereocenters.